The molecule has 0 aromatic heterocycles. The molecule has 1 aliphatic heterocycles. The summed E-state index contributed by atoms with van der Waals surface area (Å²) in [5.41, 5.74) is 2.71. The molecule has 0 amide bonds. The summed E-state index contributed by atoms with van der Waals surface area (Å²) in [6.45, 7) is 2.44. The maximum atomic E-state index is 13.6. The Morgan fingerprint density at radius 2 is 2.10 bits per heavy atom. The molecule has 0 bridgehead atoms. The van der Waals surface area contributed by atoms with Gasteiger partial charge in [0.2, 0.25) is 0 Å². The Labute approximate surface area is 137 Å². The summed E-state index contributed by atoms with van der Waals surface area (Å²) in [5.74, 6) is 0.918. The smallest absolute Gasteiger partial charge is 0.127 e. The number of rotatable bonds is 2. The van der Waals surface area contributed by atoms with Crippen LogP contribution in [0, 0.1) is 12.7 Å². The molecule has 4 heteroatoms. The first-order valence-corrected chi connectivity index (χ1v) is 8.18. The van der Waals surface area contributed by atoms with E-state index in [0.717, 1.165) is 17.7 Å². The molecule has 0 N–H and O–H groups in total. The number of ether oxygens (including phenoxy) is 1. The highest BCUT2D eigenvalue weighted by Crippen LogP contribution is 2.47. The lowest BCUT2D eigenvalue weighted by Crippen LogP contribution is -2.17. The first-order valence-electron chi connectivity index (χ1n) is 6.89. The lowest BCUT2D eigenvalue weighted by atomic mass is 9.87. The zero-order chi connectivity index (χ0) is 15.0. The largest absolute Gasteiger partial charge is 0.493 e. The van der Waals surface area contributed by atoms with Crippen molar-refractivity contribution >= 4 is 27.5 Å². The highest BCUT2D eigenvalue weighted by Gasteiger charge is 2.29. The highest BCUT2D eigenvalue weighted by molar-refractivity contribution is 9.09. The summed E-state index contributed by atoms with van der Waals surface area (Å²) in [7, 11) is 0. The third-order valence-electron chi connectivity index (χ3n) is 3.93. The molecule has 0 aliphatic carbocycles. The minimum atomic E-state index is -0.268. The second kappa shape index (κ2) is 5.98. The summed E-state index contributed by atoms with van der Waals surface area (Å²) in [6.07, 6.45) is 0.902. The van der Waals surface area contributed by atoms with E-state index < -0.39 is 0 Å². The van der Waals surface area contributed by atoms with Crippen LogP contribution in [0.4, 0.5) is 4.39 Å². The van der Waals surface area contributed by atoms with Gasteiger partial charge >= 0.3 is 0 Å². The second-order valence-corrected chi connectivity index (χ2v) is 6.70. The predicted molar refractivity (Wildman–Crippen MR) is 87.1 cm³/mol. The molecular weight excluding hydrogens is 355 g/mol. The van der Waals surface area contributed by atoms with E-state index >= 15 is 0 Å². The predicted octanol–water partition coefficient (Wildman–Crippen LogP) is 5.79. The van der Waals surface area contributed by atoms with Crippen LogP contribution in [0.5, 0.6) is 5.75 Å². The fourth-order valence-corrected chi connectivity index (χ4v) is 4.11. The summed E-state index contributed by atoms with van der Waals surface area (Å²) in [6, 6.07) is 11.3. The Balaban J connectivity index is 2.00. The first-order chi connectivity index (χ1) is 10.1. The lowest BCUT2D eigenvalue weighted by molar-refractivity contribution is 0.266. The molecule has 1 heterocycles. The van der Waals surface area contributed by atoms with Crippen molar-refractivity contribution in [1.82, 2.24) is 0 Å². The van der Waals surface area contributed by atoms with Gasteiger partial charge in [0.15, 0.2) is 0 Å². The number of para-hydroxylation sites is 1. The van der Waals surface area contributed by atoms with Crippen LogP contribution >= 0.6 is 27.5 Å². The number of fused-ring (bicyclic) bond motifs is 1. The zero-order valence-electron chi connectivity index (χ0n) is 11.6. The van der Waals surface area contributed by atoms with Gasteiger partial charge in [-0.2, -0.15) is 0 Å². The Kier molecular flexibility index (Phi) is 4.23. The number of aryl methyl sites for hydroxylation is 1. The first kappa shape index (κ1) is 14.9. The van der Waals surface area contributed by atoms with E-state index in [1.165, 1.54) is 11.6 Å². The minimum absolute atomic E-state index is 0.0364. The van der Waals surface area contributed by atoms with Crippen LogP contribution < -0.4 is 4.74 Å². The quantitative estimate of drug-likeness (QED) is 0.609. The van der Waals surface area contributed by atoms with Gasteiger partial charge in [0.25, 0.3) is 0 Å². The van der Waals surface area contributed by atoms with Crippen molar-refractivity contribution < 1.29 is 9.13 Å². The number of hydrogen-bond acceptors (Lipinski definition) is 1. The van der Waals surface area contributed by atoms with Crippen LogP contribution in [0.15, 0.2) is 36.4 Å². The van der Waals surface area contributed by atoms with Gasteiger partial charge in [-0.1, -0.05) is 51.8 Å². The summed E-state index contributed by atoms with van der Waals surface area (Å²) >= 11 is 10.0. The number of hydrogen-bond donors (Lipinski definition) is 0. The summed E-state index contributed by atoms with van der Waals surface area (Å²) < 4.78 is 19.3. The monoisotopic (exact) mass is 368 g/mol. The SMILES string of the molecule is Cc1cc(C(Br)C2CCOc3ccccc32)c(Cl)cc1F. The fourth-order valence-electron chi connectivity index (χ4n) is 2.78. The average Bonchev–Trinajstić information content (AvgIpc) is 2.49. The topological polar surface area (TPSA) is 9.23 Å². The van der Waals surface area contributed by atoms with Crippen LogP contribution in [0.25, 0.3) is 0 Å². The van der Waals surface area contributed by atoms with Crippen LogP contribution in [-0.2, 0) is 0 Å². The molecule has 0 radical (unpaired) electrons. The van der Waals surface area contributed by atoms with Crippen molar-refractivity contribution in [2.45, 2.75) is 24.1 Å². The van der Waals surface area contributed by atoms with Crippen molar-refractivity contribution in [1.29, 1.82) is 0 Å². The number of halogens is 3. The van der Waals surface area contributed by atoms with Crippen molar-refractivity contribution in [3.8, 4) is 5.75 Å². The normalized spacial score (nSPS) is 18.8. The van der Waals surface area contributed by atoms with Gasteiger partial charge < -0.3 is 4.74 Å². The van der Waals surface area contributed by atoms with Gasteiger partial charge in [0.1, 0.15) is 11.6 Å². The van der Waals surface area contributed by atoms with Gasteiger partial charge in [-0.05, 0) is 42.2 Å². The van der Waals surface area contributed by atoms with Gasteiger partial charge in [-0.3, -0.25) is 0 Å². The van der Waals surface area contributed by atoms with Gasteiger partial charge in [-0.25, -0.2) is 4.39 Å². The molecule has 0 spiro atoms. The van der Waals surface area contributed by atoms with Gasteiger partial charge in [0.05, 0.1) is 6.61 Å². The van der Waals surface area contributed by atoms with E-state index in [1.807, 2.05) is 24.3 Å². The molecule has 0 fully saturated rings. The molecule has 2 unspecified atom stereocenters. The minimum Gasteiger partial charge on any atom is -0.493 e. The van der Waals surface area contributed by atoms with E-state index in [1.54, 1.807) is 6.92 Å². The van der Waals surface area contributed by atoms with Gasteiger partial charge in [-0.15, -0.1) is 0 Å². The molecular formula is C17H15BrClFO. The maximum absolute atomic E-state index is 13.6. The number of benzene rings is 2. The Bertz CT molecular complexity index is 674. The third-order valence-corrected chi connectivity index (χ3v) is 5.39. The average molecular weight is 370 g/mol. The standard InChI is InChI=1S/C17H15BrClFO/c1-10-8-13(14(19)9-15(10)20)17(18)12-6-7-21-16-5-3-2-4-11(12)16/h2-5,8-9,12,17H,6-7H2,1H3. The molecule has 2 aromatic carbocycles. The molecule has 0 saturated carbocycles. The van der Waals surface area contributed by atoms with Crippen LogP contribution in [0.3, 0.4) is 0 Å². The lowest BCUT2D eigenvalue weighted by Gasteiger charge is -2.30. The van der Waals surface area contributed by atoms with E-state index in [2.05, 4.69) is 22.0 Å². The molecule has 0 saturated heterocycles. The van der Waals surface area contributed by atoms with E-state index in [0.29, 0.717) is 17.2 Å². The maximum Gasteiger partial charge on any atom is 0.127 e. The highest BCUT2D eigenvalue weighted by atomic mass is 79.9. The van der Waals surface area contributed by atoms with Crippen LogP contribution in [0.2, 0.25) is 5.02 Å². The second-order valence-electron chi connectivity index (χ2n) is 5.31. The molecule has 1 nitrogen and oxygen atoms in total. The van der Waals surface area contributed by atoms with Crippen molar-refractivity contribution in [3.63, 3.8) is 0 Å². The van der Waals surface area contributed by atoms with E-state index in [9.17, 15) is 4.39 Å². The molecule has 3 rings (SSSR count). The third kappa shape index (κ3) is 2.82. The Morgan fingerprint density at radius 1 is 1.33 bits per heavy atom. The van der Waals surface area contributed by atoms with Crippen LogP contribution in [0.1, 0.15) is 33.9 Å². The van der Waals surface area contributed by atoms with Gasteiger partial charge in [0, 0.05) is 15.8 Å². The Hall–Kier alpha value is -1.06. The summed E-state index contributed by atoms with van der Waals surface area (Å²) in [5, 5.41) is 0.462. The molecule has 110 valence electrons. The summed E-state index contributed by atoms with van der Waals surface area (Å²) in [4.78, 5) is 0.0364. The van der Waals surface area contributed by atoms with Crippen molar-refractivity contribution in [2.24, 2.45) is 0 Å². The van der Waals surface area contributed by atoms with Crippen molar-refractivity contribution in [2.75, 3.05) is 6.61 Å². The molecule has 2 aromatic rings. The van der Waals surface area contributed by atoms with E-state index in [-0.39, 0.29) is 16.6 Å². The van der Waals surface area contributed by atoms with Crippen LogP contribution in [-0.4, -0.2) is 6.61 Å². The fraction of sp³-hybridized carbons (Fsp3) is 0.294. The zero-order valence-corrected chi connectivity index (χ0v) is 13.9. The number of alkyl halides is 1. The van der Waals surface area contributed by atoms with E-state index in [4.69, 9.17) is 16.3 Å². The van der Waals surface area contributed by atoms with Crippen molar-refractivity contribution in [3.05, 3.63) is 63.9 Å². The molecule has 1 aliphatic rings. The molecule has 21 heavy (non-hydrogen) atoms. The molecule has 2 atom stereocenters. The Morgan fingerprint density at radius 3 is 2.90 bits per heavy atom.